The van der Waals surface area contributed by atoms with Gasteiger partial charge in [-0.05, 0) is 63.9 Å². The average Bonchev–Trinajstić information content (AvgIpc) is 3.89. The van der Waals surface area contributed by atoms with E-state index < -0.39 is 34.9 Å². The molecule has 0 radical (unpaired) electrons. The fourth-order valence-electron chi connectivity index (χ4n) is 7.59. The highest BCUT2D eigenvalue weighted by atomic mass is 32.2. The van der Waals surface area contributed by atoms with E-state index in [4.69, 9.17) is 5.10 Å². The van der Waals surface area contributed by atoms with Crippen molar-refractivity contribution in [2.24, 2.45) is 0 Å². The van der Waals surface area contributed by atoms with Crippen LogP contribution in [0.15, 0.2) is 49.1 Å². The summed E-state index contributed by atoms with van der Waals surface area (Å²) in [4.78, 5) is 56.5. The van der Waals surface area contributed by atoms with Gasteiger partial charge in [-0.1, -0.05) is 0 Å². The van der Waals surface area contributed by atoms with Gasteiger partial charge in [-0.2, -0.15) is 14.3 Å². The number of fused-ring (bicyclic) bond motifs is 2. The van der Waals surface area contributed by atoms with Crippen molar-refractivity contribution >= 4 is 57.3 Å². The monoisotopic (exact) mass is 770 g/mol. The van der Waals surface area contributed by atoms with Crippen LogP contribution in [0.1, 0.15) is 67.1 Å². The summed E-state index contributed by atoms with van der Waals surface area (Å²) in [6, 6.07) is 6.17. The van der Waals surface area contributed by atoms with Crippen molar-refractivity contribution in [2.45, 2.75) is 70.7 Å². The van der Waals surface area contributed by atoms with Crippen LogP contribution in [-0.2, 0) is 33.9 Å². The molecule has 17 nitrogen and oxygen atoms in total. The Morgan fingerprint density at radius 3 is 2.62 bits per heavy atom. The minimum atomic E-state index is -2.28. The first-order chi connectivity index (χ1) is 26.4. The second kappa shape index (κ2) is 14.5. The topological polar surface area (TPSA) is 197 Å². The summed E-state index contributed by atoms with van der Waals surface area (Å²) in [5, 5.41) is 15.3. The number of carbonyl (C=O) groups is 3. The molecule has 2 unspecified atom stereocenters. The number of rotatable bonds is 10. The molecule has 0 spiro atoms. The number of aromatic nitrogens is 7. The molecule has 8 rings (SSSR count). The molecule has 4 aromatic heterocycles. The molecule has 2 saturated heterocycles. The third kappa shape index (κ3) is 7.05. The van der Waals surface area contributed by atoms with Gasteiger partial charge in [-0.25, -0.2) is 23.6 Å². The number of nitrogens with one attached hydrogen (secondary N) is 2. The molecule has 55 heavy (non-hydrogen) atoms. The van der Waals surface area contributed by atoms with E-state index in [0.717, 1.165) is 46.7 Å². The molecule has 286 valence electrons. The summed E-state index contributed by atoms with van der Waals surface area (Å²) in [6.45, 7) is 6.19. The predicted molar refractivity (Wildman–Crippen MR) is 200 cm³/mol. The third-order valence-electron chi connectivity index (χ3n) is 10.4. The van der Waals surface area contributed by atoms with Gasteiger partial charge in [0.15, 0.2) is 11.6 Å². The summed E-state index contributed by atoms with van der Waals surface area (Å²) < 4.78 is 39.0. The van der Waals surface area contributed by atoms with E-state index in [9.17, 15) is 23.1 Å². The van der Waals surface area contributed by atoms with Gasteiger partial charge in [0.1, 0.15) is 23.5 Å². The molecular formula is C36H39FN12O5S. The first-order valence-corrected chi connectivity index (χ1v) is 19.1. The predicted octanol–water partition coefficient (Wildman–Crippen LogP) is 3.40. The minimum absolute atomic E-state index is 0.0723. The number of hydrogen-bond acceptors (Lipinski definition) is 12. The Kier molecular flexibility index (Phi) is 9.60. The third-order valence-corrected chi connectivity index (χ3v) is 11.0. The SMILES string of the molecule is CC(C)n1nc(N2CCC(N(C)Cc3cc4c(cc3F)C(=O)N(C3CCC(=O)NC3=O)C4)CC2)c2cnc(Nc3ccnc(-c4cnn(S(=O)O)c4)n3)cc21. The van der Waals surface area contributed by atoms with E-state index in [1.807, 2.05) is 24.0 Å². The second-order valence-corrected chi connectivity index (χ2v) is 15.2. The first kappa shape index (κ1) is 36.3. The van der Waals surface area contributed by atoms with E-state index in [0.29, 0.717) is 40.7 Å². The Hall–Kier alpha value is -5.66. The van der Waals surface area contributed by atoms with E-state index >= 15 is 4.39 Å². The smallest absolute Gasteiger partial charge is 0.282 e. The van der Waals surface area contributed by atoms with Crippen molar-refractivity contribution < 1.29 is 27.5 Å². The lowest BCUT2D eigenvalue weighted by Gasteiger charge is -2.37. The van der Waals surface area contributed by atoms with E-state index in [1.54, 1.807) is 18.3 Å². The second-order valence-electron chi connectivity index (χ2n) is 14.3. The number of pyridine rings is 1. The molecule has 3 N–H and O–H groups in total. The number of benzene rings is 1. The molecular weight excluding hydrogens is 732 g/mol. The zero-order valence-corrected chi connectivity index (χ0v) is 31.2. The number of hydrogen-bond donors (Lipinski definition) is 3. The lowest BCUT2D eigenvalue weighted by Crippen LogP contribution is -2.52. The lowest BCUT2D eigenvalue weighted by atomic mass is 10.0. The fourth-order valence-corrected chi connectivity index (χ4v) is 7.93. The highest BCUT2D eigenvalue weighted by Crippen LogP contribution is 2.34. The summed E-state index contributed by atoms with van der Waals surface area (Å²) in [6.07, 6.45) is 8.27. The normalized spacial score (nSPS) is 18.5. The van der Waals surface area contributed by atoms with E-state index in [-0.39, 0.29) is 42.9 Å². The van der Waals surface area contributed by atoms with Gasteiger partial charge in [0, 0.05) is 74.3 Å². The van der Waals surface area contributed by atoms with Crippen molar-refractivity contribution in [1.82, 2.24) is 49.0 Å². The van der Waals surface area contributed by atoms with Crippen molar-refractivity contribution in [3.63, 3.8) is 0 Å². The number of imide groups is 1. The number of carbonyl (C=O) groups excluding carboxylic acids is 3. The summed E-state index contributed by atoms with van der Waals surface area (Å²) in [7, 11) is 1.99. The maximum absolute atomic E-state index is 15.4. The van der Waals surface area contributed by atoms with Crippen LogP contribution in [0.5, 0.6) is 0 Å². The van der Waals surface area contributed by atoms with Crippen LogP contribution in [0.25, 0.3) is 22.3 Å². The Balaban J connectivity index is 0.931. The summed E-state index contributed by atoms with van der Waals surface area (Å²) >= 11 is -2.28. The van der Waals surface area contributed by atoms with E-state index in [2.05, 4.69) is 54.3 Å². The van der Waals surface area contributed by atoms with Gasteiger partial charge < -0.3 is 15.1 Å². The van der Waals surface area contributed by atoms with Gasteiger partial charge in [0.25, 0.3) is 17.2 Å². The molecule has 3 amide bonds. The molecule has 19 heteroatoms. The molecule has 7 heterocycles. The Labute approximate surface area is 317 Å². The lowest BCUT2D eigenvalue weighted by molar-refractivity contribution is -0.136. The largest absolute Gasteiger partial charge is 0.354 e. The zero-order chi connectivity index (χ0) is 38.5. The number of nitrogens with zero attached hydrogens (tertiary/aromatic N) is 10. The maximum Gasteiger partial charge on any atom is 0.282 e. The average molecular weight is 771 g/mol. The molecule has 2 atom stereocenters. The summed E-state index contributed by atoms with van der Waals surface area (Å²) in [5.41, 5.74) is 2.83. The molecule has 0 bridgehead atoms. The van der Waals surface area contributed by atoms with Crippen LogP contribution in [0, 0.1) is 5.82 Å². The van der Waals surface area contributed by atoms with Gasteiger partial charge in [0.2, 0.25) is 11.8 Å². The van der Waals surface area contributed by atoms with Crippen LogP contribution >= 0.6 is 0 Å². The molecule has 0 saturated carbocycles. The molecule has 0 aliphatic carbocycles. The van der Waals surface area contributed by atoms with Gasteiger partial charge in [-0.3, -0.25) is 33.8 Å². The van der Waals surface area contributed by atoms with Crippen molar-refractivity contribution in [1.29, 1.82) is 0 Å². The van der Waals surface area contributed by atoms with Gasteiger partial charge >= 0.3 is 0 Å². The van der Waals surface area contributed by atoms with Crippen molar-refractivity contribution in [2.75, 3.05) is 30.4 Å². The van der Waals surface area contributed by atoms with Crippen molar-refractivity contribution in [3.8, 4) is 11.4 Å². The summed E-state index contributed by atoms with van der Waals surface area (Å²) in [5.74, 6) is 0.534. The minimum Gasteiger partial charge on any atom is -0.354 e. The Morgan fingerprint density at radius 1 is 1.09 bits per heavy atom. The molecule has 3 aliphatic rings. The van der Waals surface area contributed by atoms with Gasteiger partial charge in [0.05, 0.1) is 28.9 Å². The molecule has 5 aromatic rings. The quantitative estimate of drug-likeness (QED) is 0.138. The van der Waals surface area contributed by atoms with E-state index in [1.165, 1.54) is 23.4 Å². The number of amides is 3. The van der Waals surface area contributed by atoms with Gasteiger partial charge in [-0.15, -0.1) is 0 Å². The fraction of sp³-hybridized carbons (Fsp3) is 0.389. The van der Waals surface area contributed by atoms with Crippen LogP contribution in [-0.4, -0.2) is 102 Å². The molecule has 3 aliphatic heterocycles. The van der Waals surface area contributed by atoms with Crippen molar-refractivity contribution in [3.05, 3.63) is 71.6 Å². The number of piperidine rings is 2. The first-order valence-electron chi connectivity index (χ1n) is 18.0. The Bertz CT molecular complexity index is 2360. The zero-order valence-electron chi connectivity index (χ0n) is 30.3. The standard InChI is InChI=1S/C36H39FN12O5S/c1-20(2)49-29-14-31(41-30-6-9-38-33(42-30)23-15-40-48(19-23)55(53)54)39-16-26(29)34(44-49)46-10-7-24(8-11-46)45(3)17-22-12-21-18-47(36(52)25(21)13-27(22)37)28-4-5-32(50)43-35(28)51/h6,9,12-16,19-20,24,28H,4-5,7-8,10-11,17-18H2,1-3H3,(H,53,54)(H,43,50,51)(H,38,39,41,42). The molecule has 1 aromatic carbocycles. The highest BCUT2D eigenvalue weighted by Gasteiger charge is 2.40. The number of anilines is 3. The maximum atomic E-state index is 15.4. The molecule has 2 fully saturated rings. The van der Waals surface area contributed by atoms with Crippen LogP contribution in [0.2, 0.25) is 0 Å². The number of halogens is 1. The van der Waals surface area contributed by atoms with Crippen LogP contribution in [0.4, 0.5) is 21.8 Å². The highest BCUT2D eigenvalue weighted by molar-refractivity contribution is 7.77. The van der Waals surface area contributed by atoms with Crippen LogP contribution < -0.4 is 15.5 Å². The Morgan fingerprint density at radius 2 is 1.89 bits per heavy atom. The van der Waals surface area contributed by atoms with Crippen LogP contribution in [0.3, 0.4) is 0 Å².